The van der Waals surface area contributed by atoms with Crippen molar-refractivity contribution >= 4 is 16.5 Å². The highest BCUT2D eigenvalue weighted by Crippen LogP contribution is 2.23. The minimum Gasteiger partial charge on any atom is -0.384 e. The van der Waals surface area contributed by atoms with Crippen LogP contribution in [0.3, 0.4) is 0 Å². The fraction of sp³-hybridized carbons (Fsp3) is 0.600. The molecule has 0 radical (unpaired) electrons. The normalized spacial score (nSPS) is 19.3. The number of aryl methyl sites for hydroxylation is 1. The Morgan fingerprint density at radius 3 is 2.82 bits per heavy atom. The van der Waals surface area contributed by atoms with Crippen LogP contribution in [0.1, 0.15) is 25.3 Å². The Labute approximate surface area is 134 Å². The Balaban J connectivity index is 1.49. The molecule has 3 heterocycles. The van der Waals surface area contributed by atoms with E-state index >= 15 is 0 Å². The summed E-state index contributed by atoms with van der Waals surface area (Å²) >= 11 is 1.69. The predicted octanol–water partition coefficient (Wildman–Crippen LogP) is 1.34. The van der Waals surface area contributed by atoms with Crippen molar-refractivity contribution in [2.75, 3.05) is 24.5 Å². The molecule has 2 aromatic heterocycles. The number of nitrogens with one attached hydrogen (secondary N) is 1. The molecule has 1 aliphatic rings. The van der Waals surface area contributed by atoms with Gasteiger partial charge in [0.25, 0.3) is 0 Å². The van der Waals surface area contributed by atoms with Crippen LogP contribution in [-0.2, 0) is 12.6 Å². The first-order valence-electron chi connectivity index (χ1n) is 7.64. The van der Waals surface area contributed by atoms with Crippen molar-refractivity contribution in [3.05, 3.63) is 29.5 Å². The topological polar surface area (TPSA) is 66.2 Å². The van der Waals surface area contributed by atoms with Crippen LogP contribution in [0.25, 0.3) is 0 Å². The summed E-state index contributed by atoms with van der Waals surface area (Å²) in [6, 6.07) is 0.444. The first-order chi connectivity index (χ1) is 10.5. The minimum atomic E-state index is -0.888. The second-order valence-electron chi connectivity index (χ2n) is 6.13. The highest BCUT2D eigenvalue weighted by atomic mass is 32.1. The molecule has 0 saturated carbocycles. The summed E-state index contributed by atoms with van der Waals surface area (Å²) in [4.78, 5) is 6.70. The molecule has 0 spiro atoms. The molecule has 0 aliphatic carbocycles. The molecule has 1 aliphatic heterocycles. The number of nitrogens with zero attached hydrogens (tertiary/aromatic N) is 4. The Hall–Kier alpha value is -1.44. The van der Waals surface area contributed by atoms with Gasteiger partial charge >= 0.3 is 0 Å². The van der Waals surface area contributed by atoms with E-state index in [1.165, 1.54) is 0 Å². The summed E-state index contributed by atoms with van der Waals surface area (Å²) in [5.41, 5.74) is -0.0385. The summed E-state index contributed by atoms with van der Waals surface area (Å²) in [6.45, 7) is 4.41. The number of hydrogen-bond donors (Lipinski definition) is 2. The van der Waals surface area contributed by atoms with Crippen LogP contribution < -0.4 is 10.2 Å². The maximum Gasteiger partial charge on any atom is 0.185 e. The number of piperidine rings is 1. The lowest BCUT2D eigenvalue weighted by Crippen LogP contribution is -2.46. The maximum absolute atomic E-state index is 10.6. The van der Waals surface area contributed by atoms with Gasteiger partial charge in [0.15, 0.2) is 5.13 Å². The molecule has 0 aromatic carbocycles. The number of aromatic nitrogens is 3. The van der Waals surface area contributed by atoms with Crippen LogP contribution in [0.4, 0.5) is 5.13 Å². The molecule has 2 aromatic rings. The van der Waals surface area contributed by atoms with E-state index in [2.05, 4.69) is 20.3 Å². The van der Waals surface area contributed by atoms with E-state index in [0.29, 0.717) is 12.6 Å². The third kappa shape index (κ3) is 3.48. The molecule has 7 heteroatoms. The highest BCUT2D eigenvalue weighted by molar-refractivity contribution is 7.13. The zero-order chi connectivity index (χ0) is 15.6. The van der Waals surface area contributed by atoms with Gasteiger partial charge in [0.2, 0.25) is 0 Å². The average molecular weight is 321 g/mol. The lowest BCUT2D eigenvalue weighted by atomic mass is 9.98. The SMILES string of the molecule is Cn1cc([C@](C)(O)CNC2CCN(c3nccs3)CC2)cn1. The molecule has 1 saturated heterocycles. The highest BCUT2D eigenvalue weighted by Gasteiger charge is 2.27. The van der Waals surface area contributed by atoms with Crippen LogP contribution in [-0.4, -0.2) is 45.5 Å². The summed E-state index contributed by atoms with van der Waals surface area (Å²) in [5.74, 6) is 0. The molecular formula is C15H23N5OS. The number of hydrogen-bond acceptors (Lipinski definition) is 6. The van der Waals surface area contributed by atoms with Crippen molar-refractivity contribution < 1.29 is 5.11 Å². The van der Waals surface area contributed by atoms with Gasteiger partial charge in [-0.15, -0.1) is 11.3 Å². The molecule has 1 fully saturated rings. The second-order valence-corrected chi connectivity index (χ2v) is 7.01. The van der Waals surface area contributed by atoms with Gasteiger partial charge in [0.05, 0.1) is 6.20 Å². The van der Waals surface area contributed by atoms with E-state index in [1.807, 2.05) is 31.7 Å². The van der Waals surface area contributed by atoms with E-state index in [9.17, 15) is 5.11 Å². The van der Waals surface area contributed by atoms with Gasteiger partial charge in [0.1, 0.15) is 5.60 Å². The van der Waals surface area contributed by atoms with Crippen molar-refractivity contribution in [1.82, 2.24) is 20.1 Å². The number of anilines is 1. The van der Waals surface area contributed by atoms with Crippen LogP contribution in [0.15, 0.2) is 24.0 Å². The Bertz CT molecular complexity index is 587. The van der Waals surface area contributed by atoms with Crippen LogP contribution >= 0.6 is 11.3 Å². The summed E-state index contributed by atoms with van der Waals surface area (Å²) in [5, 5.41) is 21.4. The van der Waals surface area contributed by atoms with Crippen LogP contribution in [0.5, 0.6) is 0 Å². The van der Waals surface area contributed by atoms with E-state index < -0.39 is 5.60 Å². The number of aliphatic hydroxyl groups is 1. The van der Waals surface area contributed by atoms with Crippen molar-refractivity contribution in [3.63, 3.8) is 0 Å². The molecule has 0 bridgehead atoms. The molecule has 0 unspecified atom stereocenters. The van der Waals surface area contributed by atoms with E-state index in [4.69, 9.17) is 0 Å². The fourth-order valence-corrected chi connectivity index (χ4v) is 3.49. The van der Waals surface area contributed by atoms with Crippen molar-refractivity contribution in [3.8, 4) is 0 Å². The summed E-state index contributed by atoms with van der Waals surface area (Å²) < 4.78 is 1.72. The standard InChI is InChI=1S/C15H23N5OS/c1-15(21,12-9-18-19(2)10-12)11-17-13-3-6-20(7-4-13)14-16-5-8-22-14/h5,8-10,13,17,21H,3-4,6-7,11H2,1-2H3/t15-/m1/s1. The molecule has 2 N–H and O–H groups in total. The van der Waals surface area contributed by atoms with Gasteiger partial charge in [-0.3, -0.25) is 4.68 Å². The monoisotopic (exact) mass is 321 g/mol. The maximum atomic E-state index is 10.6. The van der Waals surface area contributed by atoms with Crippen LogP contribution in [0.2, 0.25) is 0 Å². The Morgan fingerprint density at radius 1 is 1.45 bits per heavy atom. The first-order valence-corrected chi connectivity index (χ1v) is 8.52. The summed E-state index contributed by atoms with van der Waals surface area (Å²) in [7, 11) is 1.86. The average Bonchev–Trinajstić information content (AvgIpc) is 3.17. The summed E-state index contributed by atoms with van der Waals surface area (Å²) in [6.07, 6.45) is 7.60. The van der Waals surface area contributed by atoms with Crippen LogP contribution in [0, 0.1) is 0 Å². The van der Waals surface area contributed by atoms with E-state index in [1.54, 1.807) is 22.2 Å². The molecule has 6 nitrogen and oxygen atoms in total. The molecule has 120 valence electrons. The smallest absolute Gasteiger partial charge is 0.185 e. The van der Waals surface area contributed by atoms with Crippen molar-refractivity contribution in [1.29, 1.82) is 0 Å². The van der Waals surface area contributed by atoms with Gasteiger partial charge in [-0.1, -0.05) is 0 Å². The van der Waals surface area contributed by atoms with Gasteiger partial charge < -0.3 is 15.3 Å². The Morgan fingerprint density at radius 2 is 2.23 bits per heavy atom. The van der Waals surface area contributed by atoms with Gasteiger partial charge in [-0.05, 0) is 19.8 Å². The quantitative estimate of drug-likeness (QED) is 0.870. The largest absolute Gasteiger partial charge is 0.384 e. The number of rotatable bonds is 5. The van der Waals surface area contributed by atoms with E-state index in [-0.39, 0.29) is 0 Å². The predicted molar refractivity (Wildman–Crippen MR) is 88.1 cm³/mol. The molecule has 1 atom stereocenters. The van der Waals surface area contributed by atoms with Gasteiger partial charge in [0, 0.05) is 56.1 Å². The Kier molecular flexibility index (Phi) is 4.46. The molecular weight excluding hydrogens is 298 g/mol. The van der Waals surface area contributed by atoms with E-state index in [0.717, 1.165) is 36.6 Å². The van der Waals surface area contributed by atoms with Gasteiger partial charge in [-0.2, -0.15) is 5.10 Å². The minimum absolute atomic E-state index is 0.444. The fourth-order valence-electron chi connectivity index (χ4n) is 2.79. The molecule has 22 heavy (non-hydrogen) atoms. The third-order valence-electron chi connectivity index (χ3n) is 4.25. The van der Waals surface area contributed by atoms with Gasteiger partial charge in [-0.25, -0.2) is 4.98 Å². The zero-order valence-electron chi connectivity index (χ0n) is 13.1. The number of thiazole rings is 1. The van der Waals surface area contributed by atoms with Crippen molar-refractivity contribution in [2.45, 2.75) is 31.4 Å². The first kappa shape index (κ1) is 15.5. The second kappa shape index (κ2) is 6.36. The third-order valence-corrected chi connectivity index (χ3v) is 5.08. The molecule has 0 amide bonds. The van der Waals surface area contributed by atoms with Crippen molar-refractivity contribution in [2.24, 2.45) is 7.05 Å². The lowest BCUT2D eigenvalue weighted by molar-refractivity contribution is 0.0527. The lowest BCUT2D eigenvalue weighted by Gasteiger charge is -2.34. The molecule has 3 rings (SSSR count). The zero-order valence-corrected chi connectivity index (χ0v) is 13.9.